The van der Waals surface area contributed by atoms with Gasteiger partial charge in [-0.25, -0.2) is 0 Å². The molecule has 0 radical (unpaired) electrons. The summed E-state index contributed by atoms with van der Waals surface area (Å²) in [4.78, 5) is 0. The molecule has 0 spiro atoms. The second-order valence-corrected chi connectivity index (χ2v) is 3.58. The summed E-state index contributed by atoms with van der Waals surface area (Å²) in [5.41, 5.74) is 1.31. The molecule has 0 saturated heterocycles. The van der Waals surface area contributed by atoms with Gasteiger partial charge in [-0.3, -0.25) is 0 Å². The van der Waals surface area contributed by atoms with Crippen LogP contribution in [0.1, 0.15) is 11.4 Å². The number of hydrogen-bond donors (Lipinski definition) is 0. The molecule has 1 heterocycles. The van der Waals surface area contributed by atoms with E-state index < -0.39 is 0 Å². The van der Waals surface area contributed by atoms with E-state index in [1.165, 1.54) is 5.56 Å². The van der Waals surface area contributed by atoms with Crippen molar-refractivity contribution in [1.29, 1.82) is 0 Å². The molecule has 0 aliphatic carbocycles. The van der Waals surface area contributed by atoms with Crippen LogP contribution < -0.4 is 0 Å². The summed E-state index contributed by atoms with van der Waals surface area (Å²) < 4.78 is 1.99. The van der Waals surface area contributed by atoms with E-state index in [0.29, 0.717) is 5.88 Å². The van der Waals surface area contributed by atoms with Gasteiger partial charge < -0.3 is 4.57 Å². The maximum absolute atomic E-state index is 5.73. The van der Waals surface area contributed by atoms with Crippen molar-refractivity contribution in [2.75, 3.05) is 0 Å². The third-order valence-corrected chi connectivity index (χ3v) is 2.54. The number of aryl methyl sites for hydroxylation is 2. The van der Waals surface area contributed by atoms with Crippen molar-refractivity contribution >= 4 is 11.6 Å². The zero-order chi connectivity index (χ0) is 10.5. The number of benzene rings is 1. The Morgan fingerprint density at radius 3 is 2.73 bits per heavy atom. The van der Waals surface area contributed by atoms with Crippen molar-refractivity contribution in [3.05, 3.63) is 48.0 Å². The van der Waals surface area contributed by atoms with Crippen molar-refractivity contribution in [2.45, 2.75) is 18.8 Å². The minimum absolute atomic E-state index is 0.411. The van der Waals surface area contributed by atoms with Crippen LogP contribution in [0.5, 0.6) is 0 Å². The summed E-state index contributed by atoms with van der Waals surface area (Å²) in [6.45, 7) is 0.874. The zero-order valence-electron chi connectivity index (χ0n) is 8.31. The predicted octanol–water partition coefficient (Wildman–Crippen LogP) is 2.26. The van der Waals surface area contributed by atoms with Gasteiger partial charge in [-0.15, -0.1) is 21.8 Å². The van der Waals surface area contributed by atoms with Gasteiger partial charge in [0.1, 0.15) is 12.2 Å². The Kier molecular flexibility index (Phi) is 3.35. The Morgan fingerprint density at radius 1 is 1.20 bits per heavy atom. The van der Waals surface area contributed by atoms with Crippen LogP contribution in [0.2, 0.25) is 0 Å². The molecule has 0 aliphatic rings. The second-order valence-electron chi connectivity index (χ2n) is 3.31. The molecule has 1 aromatic carbocycles. The van der Waals surface area contributed by atoms with Gasteiger partial charge in [0, 0.05) is 6.54 Å². The van der Waals surface area contributed by atoms with Gasteiger partial charge in [-0.1, -0.05) is 30.3 Å². The maximum Gasteiger partial charge on any atom is 0.147 e. The van der Waals surface area contributed by atoms with E-state index in [2.05, 4.69) is 22.3 Å². The Hall–Kier alpha value is -1.35. The summed E-state index contributed by atoms with van der Waals surface area (Å²) in [7, 11) is 0. The second kappa shape index (κ2) is 4.94. The molecule has 0 fully saturated rings. The molecule has 4 heteroatoms. The van der Waals surface area contributed by atoms with Crippen molar-refractivity contribution in [3.63, 3.8) is 0 Å². The highest BCUT2D eigenvalue weighted by molar-refractivity contribution is 6.16. The van der Waals surface area contributed by atoms with E-state index in [0.717, 1.165) is 18.8 Å². The summed E-state index contributed by atoms with van der Waals surface area (Å²) in [5.74, 6) is 1.24. The fourth-order valence-electron chi connectivity index (χ4n) is 1.46. The van der Waals surface area contributed by atoms with E-state index in [1.54, 1.807) is 6.33 Å². The molecule has 2 aromatic rings. The zero-order valence-corrected chi connectivity index (χ0v) is 9.06. The minimum Gasteiger partial charge on any atom is -0.316 e. The number of hydrogen-bond acceptors (Lipinski definition) is 2. The van der Waals surface area contributed by atoms with Crippen LogP contribution >= 0.6 is 11.6 Å². The first-order valence-corrected chi connectivity index (χ1v) is 5.40. The SMILES string of the molecule is ClCc1nncn1CCc1ccccc1. The average molecular weight is 222 g/mol. The van der Waals surface area contributed by atoms with Crippen LogP contribution in [0.25, 0.3) is 0 Å². The molecule has 0 aliphatic heterocycles. The number of rotatable bonds is 4. The van der Waals surface area contributed by atoms with Gasteiger partial charge in [0.05, 0.1) is 5.88 Å². The first-order chi connectivity index (χ1) is 7.40. The number of alkyl halides is 1. The van der Waals surface area contributed by atoms with Gasteiger partial charge in [0.25, 0.3) is 0 Å². The molecule has 0 bridgehead atoms. The van der Waals surface area contributed by atoms with Gasteiger partial charge in [-0.2, -0.15) is 0 Å². The molecule has 15 heavy (non-hydrogen) atoms. The van der Waals surface area contributed by atoms with Gasteiger partial charge in [0.15, 0.2) is 0 Å². The smallest absolute Gasteiger partial charge is 0.147 e. The summed E-state index contributed by atoms with van der Waals surface area (Å²) in [6, 6.07) is 10.3. The third kappa shape index (κ3) is 2.57. The highest BCUT2D eigenvalue weighted by Crippen LogP contribution is 2.04. The van der Waals surface area contributed by atoms with Crippen molar-refractivity contribution in [2.24, 2.45) is 0 Å². The molecule has 1 aromatic heterocycles. The highest BCUT2D eigenvalue weighted by Gasteiger charge is 2.01. The quantitative estimate of drug-likeness (QED) is 0.742. The fraction of sp³-hybridized carbons (Fsp3) is 0.273. The third-order valence-electron chi connectivity index (χ3n) is 2.30. The lowest BCUT2D eigenvalue weighted by Crippen LogP contribution is -2.03. The highest BCUT2D eigenvalue weighted by atomic mass is 35.5. The van der Waals surface area contributed by atoms with E-state index in [1.807, 2.05) is 22.8 Å². The molecular formula is C11H12ClN3. The Labute approximate surface area is 93.7 Å². The van der Waals surface area contributed by atoms with E-state index in [9.17, 15) is 0 Å². The van der Waals surface area contributed by atoms with E-state index >= 15 is 0 Å². The van der Waals surface area contributed by atoms with E-state index in [4.69, 9.17) is 11.6 Å². The molecule has 2 rings (SSSR count). The molecule has 0 saturated carbocycles. The van der Waals surface area contributed by atoms with Crippen LogP contribution in [0, 0.1) is 0 Å². The summed E-state index contributed by atoms with van der Waals surface area (Å²) in [5, 5.41) is 7.76. The monoisotopic (exact) mass is 221 g/mol. The largest absolute Gasteiger partial charge is 0.316 e. The maximum atomic E-state index is 5.73. The minimum atomic E-state index is 0.411. The lowest BCUT2D eigenvalue weighted by Gasteiger charge is -2.04. The molecule has 0 N–H and O–H groups in total. The first kappa shape index (κ1) is 10.2. The number of nitrogens with zero attached hydrogens (tertiary/aromatic N) is 3. The molecule has 0 amide bonds. The van der Waals surface area contributed by atoms with E-state index in [-0.39, 0.29) is 0 Å². The van der Waals surface area contributed by atoms with Crippen molar-refractivity contribution in [1.82, 2.24) is 14.8 Å². The van der Waals surface area contributed by atoms with Crippen LogP contribution in [0.15, 0.2) is 36.7 Å². The molecule has 0 unspecified atom stereocenters. The van der Waals surface area contributed by atoms with Gasteiger partial charge in [-0.05, 0) is 12.0 Å². The number of halogens is 1. The van der Waals surface area contributed by atoms with Crippen molar-refractivity contribution in [3.8, 4) is 0 Å². The Morgan fingerprint density at radius 2 is 2.00 bits per heavy atom. The molecular weight excluding hydrogens is 210 g/mol. The van der Waals surface area contributed by atoms with Gasteiger partial charge in [0.2, 0.25) is 0 Å². The van der Waals surface area contributed by atoms with Crippen LogP contribution in [0.4, 0.5) is 0 Å². The van der Waals surface area contributed by atoms with Crippen molar-refractivity contribution < 1.29 is 0 Å². The summed E-state index contributed by atoms with van der Waals surface area (Å²) in [6.07, 6.45) is 2.70. The molecule has 0 atom stereocenters. The normalized spacial score (nSPS) is 10.5. The average Bonchev–Trinajstić information content (AvgIpc) is 2.75. The Bertz CT molecular complexity index is 411. The topological polar surface area (TPSA) is 30.7 Å². The predicted molar refractivity (Wildman–Crippen MR) is 59.7 cm³/mol. The fourth-order valence-corrected chi connectivity index (χ4v) is 1.67. The number of aromatic nitrogens is 3. The Balaban J connectivity index is 1.99. The molecule has 78 valence electrons. The van der Waals surface area contributed by atoms with Gasteiger partial charge >= 0.3 is 0 Å². The standard InChI is InChI=1S/C11H12ClN3/c12-8-11-14-13-9-15(11)7-6-10-4-2-1-3-5-10/h1-5,9H,6-8H2. The first-order valence-electron chi connectivity index (χ1n) is 4.86. The van der Waals surface area contributed by atoms with Crippen LogP contribution in [0.3, 0.4) is 0 Å². The lowest BCUT2D eigenvalue weighted by atomic mass is 10.1. The molecule has 3 nitrogen and oxygen atoms in total. The summed E-state index contributed by atoms with van der Waals surface area (Å²) >= 11 is 5.73. The lowest BCUT2D eigenvalue weighted by molar-refractivity contribution is 0.668. The van der Waals surface area contributed by atoms with Crippen LogP contribution in [-0.4, -0.2) is 14.8 Å². The van der Waals surface area contributed by atoms with Crippen LogP contribution in [-0.2, 0) is 18.8 Å².